The number of pyridine rings is 1. The van der Waals surface area contributed by atoms with Crippen LogP contribution >= 0.6 is 0 Å². The summed E-state index contributed by atoms with van der Waals surface area (Å²) in [6, 6.07) is 12.1. The number of hydrogen-bond donors (Lipinski definition) is 3. The highest BCUT2D eigenvalue weighted by Crippen LogP contribution is 2.22. The van der Waals surface area contributed by atoms with Gasteiger partial charge in [0.25, 0.3) is 0 Å². The number of hydrogen-bond acceptors (Lipinski definition) is 8. The van der Waals surface area contributed by atoms with Crippen molar-refractivity contribution >= 4 is 23.6 Å². The standard InChI is InChI=1S/C24H31N7O5.CH4/c1-24(2,26)22(33)27-18(12-15-8-10-17(35-4)11-9-15)21-29-28-20-7-5-6-16(31(20)21)14-36-23(34)30(3)13-19(25)32;/h5-11,18H,12-14,26H2,1-4H3,(H2,25,32)(H,27,33);1H4/t18-;/m1./s1. The average molecular weight is 514 g/mol. The fourth-order valence-electron chi connectivity index (χ4n) is 3.46. The molecule has 5 N–H and O–H groups in total. The monoisotopic (exact) mass is 513 g/mol. The number of carbonyl (C=O) groups excluding carboxylic acids is 3. The van der Waals surface area contributed by atoms with Gasteiger partial charge in [0.2, 0.25) is 11.8 Å². The normalized spacial score (nSPS) is 11.8. The van der Waals surface area contributed by atoms with Crippen LogP contribution in [0.5, 0.6) is 5.75 Å². The van der Waals surface area contributed by atoms with Crippen molar-refractivity contribution in [2.45, 2.75) is 45.9 Å². The van der Waals surface area contributed by atoms with Crippen molar-refractivity contribution < 1.29 is 23.9 Å². The lowest BCUT2D eigenvalue weighted by molar-refractivity contribution is -0.126. The molecule has 2 heterocycles. The molecule has 0 saturated heterocycles. The Morgan fingerprint density at radius 1 is 1.14 bits per heavy atom. The Balaban J connectivity index is 0.00000481. The van der Waals surface area contributed by atoms with E-state index in [1.165, 1.54) is 7.05 Å². The van der Waals surface area contributed by atoms with Gasteiger partial charge in [0, 0.05) is 7.05 Å². The second kappa shape index (κ2) is 12.2. The highest BCUT2D eigenvalue weighted by Gasteiger charge is 2.28. The third-order valence-corrected chi connectivity index (χ3v) is 5.38. The third kappa shape index (κ3) is 7.40. The van der Waals surface area contributed by atoms with Crippen molar-refractivity contribution in [2.24, 2.45) is 11.5 Å². The summed E-state index contributed by atoms with van der Waals surface area (Å²) in [4.78, 5) is 37.3. The van der Waals surface area contributed by atoms with Gasteiger partial charge in [-0.05, 0) is 50.1 Å². The van der Waals surface area contributed by atoms with Crippen LogP contribution in [0.2, 0.25) is 0 Å². The lowest BCUT2D eigenvalue weighted by atomic mass is 10.0. The topological polar surface area (TPSA) is 167 Å². The molecule has 12 heteroatoms. The molecule has 37 heavy (non-hydrogen) atoms. The number of primary amides is 1. The summed E-state index contributed by atoms with van der Waals surface area (Å²) in [6.07, 6.45) is -0.323. The number of benzene rings is 1. The van der Waals surface area contributed by atoms with Gasteiger partial charge < -0.3 is 31.2 Å². The SMILES string of the molecule is C.COc1ccc(C[C@@H](NC(=O)C(C)(C)N)c2nnc3cccc(COC(=O)N(C)CC(N)=O)n23)cc1. The van der Waals surface area contributed by atoms with E-state index in [9.17, 15) is 14.4 Å². The van der Waals surface area contributed by atoms with Gasteiger partial charge in [0.15, 0.2) is 11.5 Å². The molecule has 0 unspecified atom stereocenters. The van der Waals surface area contributed by atoms with Crippen LogP contribution in [0.25, 0.3) is 5.65 Å². The predicted octanol–water partition coefficient (Wildman–Crippen LogP) is 1.57. The minimum atomic E-state index is -1.12. The second-order valence-corrected chi connectivity index (χ2v) is 8.95. The lowest BCUT2D eigenvalue weighted by Gasteiger charge is -2.24. The van der Waals surface area contributed by atoms with Crippen LogP contribution in [0.1, 0.15) is 44.4 Å². The minimum Gasteiger partial charge on any atom is -0.497 e. The summed E-state index contributed by atoms with van der Waals surface area (Å²) < 4.78 is 12.3. The van der Waals surface area contributed by atoms with E-state index in [1.54, 1.807) is 43.6 Å². The smallest absolute Gasteiger partial charge is 0.410 e. The maximum Gasteiger partial charge on any atom is 0.410 e. The van der Waals surface area contributed by atoms with Crippen molar-refractivity contribution in [2.75, 3.05) is 20.7 Å². The van der Waals surface area contributed by atoms with Gasteiger partial charge >= 0.3 is 6.09 Å². The summed E-state index contributed by atoms with van der Waals surface area (Å²) in [6.45, 7) is 2.83. The number of likely N-dealkylation sites (N-methyl/N-ethyl adjacent to an activating group) is 1. The Kier molecular flexibility index (Phi) is 9.55. The van der Waals surface area contributed by atoms with E-state index in [1.807, 2.05) is 24.3 Å². The Bertz CT molecular complexity index is 1230. The minimum absolute atomic E-state index is 0. The summed E-state index contributed by atoms with van der Waals surface area (Å²) in [5.74, 6) is 0.128. The summed E-state index contributed by atoms with van der Waals surface area (Å²) in [7, 11) is 3.00. The van der Waals surface area contributed by atoms with Crippen LogP contribution in [-0.2, 0) is 27.4 Å². The van der Waals surface area contributed by atoms with Gasteiger partial charge in [0.1, 0.15) is 18.9 Å². The van der Waals surface area contributed by atoms with Gasteiger partial charge in [-0.15, -0.1) is 10.2 Å². The van der Waals surface area contributed by atoms with E-state index in [0.29, 0.717) is 29.3 Å². The van der Waals surface area contributed by atoms with Crippen LogP contribution in [-0.4, -0.2) is 63.6 Å². The predicted molar refractivity (Wildman–Crippen MR) is 138 cm³/mol. The molecule has 0 fully saturated rings. The molecule has 200 valence electrons. The van der Waals surface area contributed by atoms with Crippen molar-refractivity contribution in [3.05, 3.63) is 59.5 Å². The third-order valence-electron chi connectivity index (χ3n) is 5.38. The number of nitrogens with two attached hydrogens (primary N) is 2. The molecule has 0 spiro atoms. The number of methoxy groups -OCH3 is 1. The average Bonchev–Trinajstić information content (AvgIpc) is 3.26. The van der Waals surface area contributed by atoms with E-state index in [0.717, 1.165) is 10.5 Å². The summed E-state index contributed by atoms with van der Waals surface area (Å²) in [5, 5.41) is 11.6. The first kappa shape index (κ1) is 29.0. The maximum atomic E-state index is 12.8. The molecule has 1 atom stereocenters. The van der Waals surface area contributed by atoms with Gasteiger partial charge in [-0.25, -0.2) is 4.79 Å². The van der Waals surface area contributed by atoms with E-state index < -0.39 is 23.6 Å². The number of aromatic nitrogens is 3. The summed E-state index contributed by atoms with van der Waals surface area (Å²) in [5.41, 5.74) is 12.0. The van der Waals surface area contributed by atoms with Gasteiger partial charge in [-0.2, -0.15) is 0 Å². The number of fused-ring (bicyclic) bond motifs is 1. The van der Waals surface area contributed by atoms with Gasteiger partial charge in [-0.1, -0.05) is 25.6 Å². The Labute approximate surface area is 215 Å². The molecule has 0 radical (unpaired) electrons. The number of nitrogens with zero attached hydrogens (tertiary/aromatic N) is 4. The quantitative estimate of drug-likeness (QED) is 0.367. The number of ether oxygens (including phenoxy) is 2. The van der Waals surface area contributed by atoms with E-state index in [-0.39, 0.29) is 26.5 Å². The molecule has 1 aromatic carbocycles. The lowest BCUT2D eigenvalue weighted by Crippen LogP contribution is -2.50. The van der Waals surface area contributed by atoms with Crippen LogP contribution in [0.4, 0.5) is 4.79 Å². The van der Waals surface area contributed by atoms with Crippen LogP contribution < -0.4 is 21.5 Å². The molecule has 0 saturated carbocycles. The Hall–Kier alpha value is -4.19. The number of amides is 3. The molecule has 0 aliphatic rings. The zero-order chi connectivity index (χ0) is 26.5. The zero-order valence-corrected chi connectivity index (χ0v) is 20.7. The van der Waals surface area contributed by atoms with Gasteiger partial charge in [0.05, 0.1) is 24.4 Å². The number of rotatable bonds is 10. The zero-order valence-electron chi connectivity index (χ0n) is 20.7. The molecule has 3 aromatic rings. The highest BCUT2D eigenvalue weighted by atomic mass is 16.6. The van der Waals surface area contributed by atoms with Crippen molar-refractivity contribution in [1.29, 1.82) is 0 Å². The van der Waals surface area contributed by atoms with Crippen molar-refractivity contribution in [1.82, 2.24) is 24.8 Å². The summed E-state index contributed by atoms with van der Waals surface area (Å²) >= 11 is 0. The molecule has 12 nitrogen and oxygen atoms in total. The van der Waals surface area contributed by atoms with Crippen LogP contribution in [0.15, 0.2) is 42.5 Å². The van der Waals surface area contributed by atoms with Crippen molar-refractivity contribution in [3.8, 4) is 5.75 Å². The first-order chi connectivity index (χ1) is 17.0. The molecule has 0 aliphatic heterocycles. The fraction of sp³-hybridized carbons (Fsp3) is 0.400. The molecular weight excluding hydrogens is 478 g/mol. The maximum absolute atomic E-state index is 12.8. The van der Waals surface area contributed by atoms with Gasteiger partial charge in [-0.3, -0.25) is 14.0 Å². The van der Waals surface area contributed by atoms with Crippen LogP contribution in [0, 0.1) is 0 Å². The number of carbonyl (C=O) groups is 3. The molecular formula is C25H35N7O5. The fourth-order valence-corrected chi connectivity index (χ4v) is 3.46. The van der Waals surface area contributed by atoms with Crippen LogP contribution in [0.3, 0.4) is 0 Å². The highest BCUT2D eigenvalue weighted by molar-refractivity contribution is 5.85. The Morgan fingerprint density at radius 2 is 1.81 bits per heavy atom. The first-order valence-corrected chi connectivity index (χ1v) is 11.2. The first-order valence-electron chi connectivity index (χ1n) is 11.2. The number of nitrogens with one attached hydrogen (secondary N) is 1. The largest absolute Gasteiger partial charge is 0.497 e. The van der Waals surface area contributed by atoms with E-state index in [4.69, 9.17) is 20.9 Å². The van der Waals surface area contributed by atoms with E-state index in [2.05, 4.69) is 15.5 Å². The molecule has 3 rings (SSSR count). The van der Waals surface area contributed by atoms with E-state index >= 15 is 0 Å². The molecule has 0 bridgehead atoms. The molecule has 3 amide bonds. The Morgan fingerprint density at radius 3 is 2.41 bits per heavy atom. The second-order valence-electron chi connectivity index (χ2n) is 8.95. The molecule has 0 aliphatic carbocycles. The van der Waals surface area contributed by atoms with Crippen molar-refractivity contribution in [3.63, 3.8) is 0 Å². The molecule has 2 aromatic heterocycles.